The summed E-state index contributed by atoms with van der Waals surface area (Å²) in [5.41, 5.74) is -0.314. The number of nitrogens with zero attached hydrogens (tertiary/aromatic N) is 2. The highest BCUT2D eigenvalue weighted by Gasteiger charge is 2.49. The zero-order chi connectivity index (χ0) is 18.0. The molecule has 0 spiro atoms. The second-order valence-corrected chi connectivity index (χ2v) is 6.85. The van der Waals surface area contributed by atoms with Gasteiger partial charge in [0.05, 0.1) is 26.0 Å². The van der Waals surface area contributed by atoms with E-state index in [-0.39, 0.29) is 24.7 Å². The number of nitrogens with one attached hydrogen (secondary N) is 1. The minimum atomic E-state index is -1.06. The van der Waals surface area contributed by atoms with E-state index < -0.39 is 5.54 Å². The molecule has 0 aliphatic carbocycles. The summed E-state index contributed by atoms with van der Waals surface area (Å²) >= 11 is 0. The molecule has 1 N–H and O–H groups in total. The van der Waals surface area contributed by atoms with E-state index in [0.717, 1.165) is 24.4 Å². The topological polar surface area (TPSA) is 71.1 Å². The molecule has 7 nitrogen and oxygen atoms in total. The van der Waals surface area contributed by atoms with E-state index in [2.05, 4.69) is 5.32 Å². The summed E-state index contributed by atoms with van der Waals surface area (Å²) < 4.78 is 10.9. The first-order valence-corrected chi connectivity index (χ1v) is 8.61. The fraction of sp³-hybridized carbons (Fsp3) is 0.556. The Kier molecular flexibility index (Phi) is 4.96. The van der Waals surface area contributed by atoms with E-state index in [1.54, 1.807) is 6.92 Å². The summed E-state index contributed by atoms with van der Waals surface area (Å²) in [5.74, 6) is 0.505. The van der Waals surface area contributed by atoms with Crippen LogP contribution in [0.5, 0.6) is 5.75 Å². The number of rotatable bonds is 5. The monoisotopic (exact) mass is 347 g/mol. The molecule has 0 bridgehead atoms. The van der Waals surface area contributed by atoms with E-state index in [4.69, 9.17) is 9.47 Å². The normalized spacial score (nSPS) is 24.7. The smallest absolute Gasteiger partial charge is 0.326 e. The van der Waals surface area contributed by atoms with E-state index in [0.29, 0.717) is 13.2 Å². The Morgan fingerprint density at radius 1 is 1.20 bits per heavy atom. The maximum atomic E-state index is 12.9. The van der Waals surface area contributed by atoms with Gasteiger partial charge in [0.1, 0.15) is 11.3 Å². The molecule has 0 radical (unpaired) electrons. The number of hydrogen-bond donors (Lipinski definition) is 1. The lowest BCUT2D eigenvalue weighted by atomic mass is 9.92. The Morgan fingerprint density at radius 3 is 2.44 bits per heavy atom. The van der Waals surface area contributed by atoms with Gasteiger partial charge in [-0.2, -0.15) is 0 Å². The molecular weight excluding hydrogens is 322 g/mol. The number of benzene rings is 1. The Labute approximate surface area is 147 Å². The van der Waals surface area contributed by atoms with Crippen molar-refractivity contribution in [3.63, 3.8) is 0 Å². The van der Waals surface area contributed by atoms with Crippen LogP contribution in [-0.2, 0) is 15.1 Å². The maximum Gasteiger partial charge on any atom is 0.326 e. The summed E-state index contributed by atoms with van der Waals surface area (Å²) in [6, 6.07) is 6.94. The molecule has 2 saturated heterocycles. The summed E-state index contributed by atoms with van der Waals surface area (Å²) in [4.78, 5) is 28.6. The van der Waals surface area contributed by atoms with Gasteiger partial charge in [-0.15, -0.1) is 0 Å². The second-order valence-electron chi connectivity index (χ2n) is 6.85. The molecule has 2 aliphatic heterocycles. The van der Waals surface area contributed by atoms with Gasteiger partial charge >= 0.3 is 6.03 Å². The summed E-state index contributed by atoms with van der Waals surface area (Å²) in [6.45, 7) is 8.63. The van der Waals surface area contributed by atoms with Crippen LogP contribution in [0.4, 0.5) is 4.79 Å². The standard InChI is InChI=1S/C18H25N3O4/c1-13(2)25-15-6-4-14(5-7-15)18(3)16(22)21(17(23)19-18)12-20-8-10-24-11-9-20/h4-7,13H,8-12H2,1-3H3,(H,19,23). The summed E-state index contributed by atoms with van der Waals surface area (Å²) in [6.07, 6.45) is 0.0817. The molecule has 2 heterocycles. The quantitative estimate of drug-likeness (QED) is 0.818. The number of urea groups is 1. The SMILES string of the molecule is CC(C)Oc1ccc(C2(C)NC(=O)N(CN3CCOCC3)C2=O)cc1. The third-order valence-electron chi connectivity index (χ3n) is 4.52. The minimum Gasteiger partial charge on any atom is -0.491 e. The highest BCUT2D eigenvalue weighted by atomic mass is 16.5. The molecule has 0 aromatic heterocycles. The van der Waals surface area contributed by atoms with E-state index in [9.17, 15) is 9.59 Å². The molecule has 2 fully saturated rings. The first-order valence-electron chi connectivity index (χ1n) is 8.61. The van der Waals surface area contributed by atoms with E-state index >= 15 is 0 Å². The lowest BCUT2D eigenvalue weighted by Crippen LogP contribution is -2.47. The lowest BCUT2D eigenvalue weighted by Gasteiger charge is -2.30. The van der Waals surface area contributed by atoms with Crippen LogP contribution in [-0.4, -0.2) is 60.8 Å². The molecule has 3 amide bonds. The maximum absolute atomic E-state index is 12.9. The van der Waals surface area contributed by atoms with Gasteiger partial charge in [0.2, 0.25) is 0 Å². The first-order chi connectivity index (χ1) is 11.9. The Bertz CT molecular complexity index is 640. The van der Waals surface area contributed by atoms with Crippen molar-refractivity contribution in [1.29, 1.82) is 0 Å². The summed E-state index contributed by atoms with van der Waals surface area (Å²) in [7, 11) is 0. The van der Waals surface area contributed by atoms with Crippen LogP contribution in [0.3, 0.4) is 0 Å². The van der Waals surface area contributed by atoms with Gasteiger partial charge in [-0.05, 0) is 38.5 Å². The van der Waals surface area contributed by atoms with Crippen molar-refractivity contribution in [2.75, 3.05) is 33.0 Å². The Morgan fingerprint density at radius 2 is 1.84 bits per heavy atom. The van der Waals surface area contributed by atoms with Crippen molar-refractivity contribution in [1.82, 2.24) is 15.1 Å². The largest absolute Gasteiger partial charge is 0.491 e. The zero-order valence-electron chi connectivity index (χ0n) is 14.9. The number of carbonyl (C=O) groups excluding carboxylic acids is 2. The number of amides is 3. The van der Waals surface area contributed by atoms with Crippen molar-refractivity contribution >= 4 is 11.9 Å². The van der Waals surface area contributed by atoms with Gasteiger partial charge in [-0.25, -0.2) is 9.69 Å². The van der Waals surface area contributed by atoms with Crippen molar-refractivity contribution in [2.45, 2.75) is 32.4 Å². The van der Waals surface area contributed by atoms with Gasteiger partial charge in [0.15, 0.2) is 0 Å². The lowest BCUT2D eigenvalue weighted by molar-refractivity contribution is -0.133. The van der Waals surface area contributed by atoms with Crippen LogP contribution in [0, 0.1) is 0 Å². The predicted octanol–water partition coefficient (Wildman–Crippen LogP) is 1.53. The number of morpholine rings is 1. The van der Waals surface area contributed by atoms with Gasteiger partial charge in [-0.3, -0.25) is 9.69 Å². The van der Waals surface area contributed by atoms with Crippen LogP contribution in [0.1, 0.15) is 26.3 Å². The second kappa shape index (κ2) is 7.01. The predicted molar refractivity (Wildman–Crippen MR) is 92.2 cm³/mol. The van der Waals surface area contributed by atoms with E-state index in [1.807, 2.05) is 43.0 Å². The number of hydrogen-bond acceptors (Lipinski definition) is 5. The molecule has 136 valence electrons. The average molecular weight is 347 g/mol. The number of imide groups is 1. The van der Waals surface area contributed by atoms with Gasteiger partial charge in [0.25, 0.3) is 5.91 Å². The minimum absolute atomic E-state index is 0.0817. The first kappa shape index (κ1) is 17.7. The number of ether oxygens (including phenoxy) is 2. The molecular formula is C18H25N3O4. The fourth-order valence-corrected chi connectivity index (χ4v) is 3.10. The molecule has 1 aromatic rings. The van der Waals surface area contributed by atoms with E-state index in [1.165, 1.54) is 4.90 Å². The third-order valence-corrected chi connectivity index (χ3v) is 4.52. The van der Waals surface area contributed by atoms with Crippen LogP contribution in [0.15, 0.2) is 24.3 Å². The van der Waals surface area contributed by atoms with Gasteiger partial charge in [-0.1, -0.05) is 12.1 Å². The highest BCUT2D eigenvalue weighted by molar-refractivity contribution is 6.07. The van der Waals surface area contributed by atoms with Crippen molar-refractivity contribution < 1.29 is 19.1 Å². The number of carbonyl (C=O) groups is 2. The highest BCUT2D eigenvalue weighted by Crippen LogP contribution is 2.30. The average Bonchev–Trinajstić information content (AvgIpc) is 2.80. The van der Waals surface area contributed by atoms with Crippen LogP contribution in [0.2, 0.25) is 0 Å². The molecule has 7 heteroatoms. The summed E-state index contributed by atoms with van der Waals surface area (Å²) in [5, 5.41) is 2.83. The molecule has 1 atom stereocenters. The molecule has 0 saturated carbocycles. The van der Waals surface area contributed by atoms with Crippen molar-refractivity contribution in [3.8, 4) is 5.75 Å². The molecule has 1 aromatic carbocycles. The molecule has 1 unspecified atom stereocenters. The third kappa shape index (κ3) is 3.62. The van der Waals surface area contributed by atoms with Crippen molar-refractivity contribution in [3.05, 3.63) is 29.8 Å². The molecule has 25 heavy (non-hydrogen) atoms. The molecule has 2 aliphatic rings. The molecule has 3 rings (SSSR count). The van der Waals surface area contributed by atoms with Crippen LogP contribution >= 0.6 is 0 Å². The van der Waals surface area contributed by atoms with Crippen molar-refractivity contribution in [2.24, 2.45) is 0 Å². The fourth-order valence-electron chi connectivity index (χ4n) is 3.10. The van der Waals surface area contributed by atoms with Gasteiger partial charge in [0, 0.05) is 13.1 Å². The Hall–Kier alpha value is -2.12. The van der Waals surface area contributed by atoms with Crippen LogP contribution in [0.25, 0.3) is 0 Å². The van der Waals surface area contributed by atoms with Gasteiger partial charge < -0.3 is 14.8 Å². The Balaban J connectivity index is 1.74. The zero-order valence-corrected chi connectivity index (χ0v) is 14.9. The van der Waals surface area contributed by atoms with Crippen LogP contribution < -0.4 is 10.1 Å².